The third kappa shape index (κ3) is 3.51. The van der Waals surface area contributed by atoms with Crippen LogP contribution in [-0.2, 0) is 9.53 Å². The second-order valence-electron chi connectivity index (χ2n) is 3.12. The molecule has 0 bridgehead atoms. The molecule has 96 valence electrons. The van der Waals surface area contributed by atoms with Gasteiger partial charge in [0.25, 0.3) is 0 Å². The average Bonchev–Trinajstić information content (AvgIpc) is 2.35. The van der Waals surface area contributed by atoms with E-state index >= 15 is 0 Å². The van der Waals surface area contributed by atoms with E-state index in [1.54, 1.807) is 18.2 Å². The lowest BCUT2D eigenvalue weighted by Gasteiger charge is -2.13. The SMILES string of the molecule is COC(=O)C(N)c1ccc(OC)c(OC)c1.Cl. The number of hydrogen-bond donors (Lipinski definition) is 1. The minimum absolute atomic E-state index is 0. The van der Waals surface area contributed by atoms with Gasteiger partial charge in [-0.15, -0.1) is 12.4 Å². The van der Waals surface area contributed by atoms with Crippen molar-refractivity contribution in [3.05, 3.63) is 23.8 Å². The van der Waals surface area contributed by atoms with Gasteiger partial charge >= 0.3 is 5.97 Å². The molecule has 0 radical (unpaired) electrons. The van der Waals surface area contributed by atoms with Crippen LogP contribution in [0.3, 0.4) is 0 Å². The topological polar surface area (TPSA) is 70.8 Å². The van der Waals surface area contributed by atoms with Crippen LogP contribution < -0.4 is 15.2 Å². The Balaban J connectivity index is 0.00000256. The number of halogens is 1. The van der Waals surface area contributed by atoms with Gasteiger partial charge in [-0.2, -0.15) is 0 Å². The van der Waals surface area contributed by atoms with Gasteiger partial charge in [0.2, 0.25) is 0 Å². The fourth-order valence-corrected chi connectivity index (χ4v) is 1.31. The molecule has 2 N–H and O–H groups in total. The summed E-state index contributed by atoms with van der Waals surface area (Å²) in [6.45, 7) is 0. The van der Waals surface area contributed by atoms with E-state index < -0.39 is 12.0 Å². The number of ether oxygens (including phenoxy) is 3. The van der Waals surface area contributed by atoms with Crippen LogP contribution in [0.2, 0.25) is 0 Å². The first-order valence-electron chi connectivity index (χ1n) is 4.69. The van der Waals surface area contributed by atoms with Gasteiger partial charge in [0, 0.05) is 0 Å². The van der Waals surface area contributed by atoms with Gasteiger partial charge in [-0.05, 0) is 17.7 Å². The average molecular weight is 262 g/mol. The van der Waals surface area contributed by atoms with Crippen LogP contribution in [0.25, 0.3) is 0 Å². The first kappa shape index (κ1) is 15.5. The third-order valence-electron chi connectivity index (χ3n) is 2.22. The summed E-state index contributed by atoms with van der Waals surface area (Å²) < 4.78 is 14.7. The predicted molar refractivity (Wildman–Crippen MR) is 65.7 cm³/mol. The van der Waals surface area contributed by atoms with Crippen LogP contribution in [0.4, 0.5) is 0 Å². The molecule has 1 unspecified atom stereocenters. The Labute approximate surface area is 106 Å². The van der Waals surface area contributed by atoms with E-state index in [1.807, 2.05) is 0 Å². The van der Waals surface area contributed by atoms with Gasteiger partial charge in [0.15, 0.2) is 11.5 Å². The number of rotatable bonds is 4. The van der Waals surface area contributed by atoms with Gasteiger partial charge in [-0.1, -0.05) is 6.07 Å². The molecule has 0 aliphatic carbocycles. The molecular formula is C11H16ClNO4. The molecule has 0 saturated heterocycles. The molecule has 0 saturated carbocycles. The zero-order valence-corrected chi connectivity index (χ0v) is 10.7. The first-order chi connectivity index (χ1) is 7.63. The molecule has 0 fully saturated rings. The van der Waals surface area contributed by atoms with Crippen molar-refractivity contribution in [2.75, 3.05) is 21.3 Å². The molecule has 1 aromatic carbocycles. The van der Waals surface area contributed by atoms with Crippen LogP contribution in [0.1, 0.15) is 11.6 Å². The maximum atomic E-state index is 11.2. The molecule has 1 aromatic rings. The summed E-state index contributed by atoms with van der Waals surface area (Å²) in [6.07, 6.45) is 0. The van der Waals surface area contributed by atoms with Crippen molar-refractivity contribution in [1.82, 2.24) is 0 Å². The summed E-state index contributed by atoms with van der Waals surface area (Å²) in [5, 5.41) is 0. The second kappa shape index (κ2) is 6.98. The molecule has 0 spiro atoms. The zero-order valence-electron chi connectivity index (χ0n) is 9.93. The van der Waals surface area contributed by atoms with Crippen LogP contribution in [0.5, 0.6) is 11.5 Å². The lowest BCUT2D eigenvalue weighted by molar-refractivity contribution is -0.142. The smallest absolute Gasteiger partial charge is 0.327 e. The minimum atomic E-state index is -0.815. The highest BCUT2D eigenvalue weighted by Crippen LogP contribution is 2.29. The predicted octanol–water partition coefficient (Wildman–Crippen LogP) is 1.30. The van der Waals surface area contributed by atoms with Crippen molar-refractivity contribution in [2.24, 2.45) is 5.73 Å². The molecule has 5 nitrogen and oxygen atoms in total. The Kier molecular flexibility index (Phi) is 6.38. The van der Waals surface area contributed by atoms with Crippen molar-refractivity contribution >= 4 is 18.4 Å². The van der Waals surface area contributed by atoms with Crippen molar-refractivity contribution in [3.63, 3.8) is 0 Å². The molecule has 17 heavy (non-hydrogen) atoms. The Morgan fingerprint density at radius 2 is 1.76 bits per heavy atom. The van der Waals surface area contributed by atoms with Crippen molar-refractivity contribution in [3.8, 4) is 11.5 Å². The lowest BCUT2D eigenvalue weighted by atomic mass is 10.1. The lowest BCUT2D eigenvalue weighted by Crippen LogP contribution is -2.22. The maximum Gasteiger partial charge on any atom is 0.327 e. The highest BCUT2D eigenvalue weighted by atomic mass is 35.5. The maximum absolute atomic E-state index is 11.2. The summed E-state index contributed by atoms with van der Waals surface area (Å²) in [6, 6.07) is 4.23. The summed E-state index contributed by atoms with van der Waals surface area (Å²) in [5.41, 5.74) is 6.31. The molecule has 0 aliphatic rings. The standard InChI is InChI=1S/C11H15NO4.ClH/c1-14-8-5-4-7(6-9(8)15-2)10(12)11(13)16-3;/h4-6,10H,12H2,1-3H3;1H. The second-order valence-corrected chi connectivity index (χ2v) is 3.12. The van der Waals surface area contributed by atoms with Gasteiger partial charge in [0.05, 0.1) is 21.3 Å². The van der Waals surface area contributed by atoms with E-state index in [0.717, 1.165) is 0 Å². The normalized spacial score (nSPS) is 11.1. The number of esters is 1. The zero-order chi connectivity index (χ0) is 12.1. The van der Waals surface area contributed by atoms with E-state index in [1.165, 1.54) is 21.3 Å². The molecule has 1 atom stereocenters. The number of nitrogens with two attached hydrogens (primary N) is 1. The Morgan fingerprint density at radius 3 is 2.24 bits per heavy atom. The van der Waals surface area contributed by atoms with E-state index in [0.29, 0.717) is 17.1 Å². The molecule has 0 amide bonds. The van der Waals surface area contributed by atoms with Gasteiger partial charge in [-0.25, -0.2) is 0 Å². The van der Waals surface area contributed by atoms with E-state index in [9.17, 15) is 4.79 Å². The monoisotopic (exact) mass is 261 g/mol. The highest BCUT2D eigenvalue weighted by molar-refractivity contribution is 5.85. The third-order valence-corrected chi connectivity index (χ3v) is 2.22. The van der Waals surface area contributed by atoms with E-state index in [-0.39, 0.29) is 12.4 Å². The molecule has 1 rings (SSSR count). The number of benzene rings is 1. The highest BCUT2D eigenvalue weighted by Gasteiger charge is 2.17. The summed E-state index contributed by atoms with van der Waals surface area (Å²) in [7, 11) is 4.35. The Hall–Kier alpha value is -1.46. The summed E-state index contributed by atoms with van der Waals surface area (Å²) >= 11 is 0. The molecular weight excluding hydrogens is 246 g/mol. The van der Waals surface area contributed by atoms with Crippen molar-refractivity contribution in [1.29, 1.82) is 0 Å². The molecule has 0 aliphatic heterocycles. The van der Waals surface area contributed by atoms with Gasteiger partial charge in [0.1, 0.15) is 6.04 Å². The summed E-state index contributed by atoms with van der Waals surface area (Å²) in [5.74, 6) is 0.620. The number of carbonyl (C=O) groups is 1. The van der Waals surface area contributed by atoms with Crippen LogP contribution in [0.15, 0.2) is 18.2 Å². The number of hydrogen-bond acceptors (Lipinski definition) is 5. The van der Waals surface area contributed by atoms with Crippen LogP contribution >= 0.6 is 12.4 Å². The van der Waals surface area contributed by atoms with Gasteiger partial charge < -0.3 is 19.9 Å². The number of methoxy groups -OCH3 is 3. The Bertz CT molecular complexity index is 384. The molecule has 0 aromatic heterocycles. The summed E-state index contributed by atoms with van der Waals surface area (Å²) in [4.78, 5) is 11.2. The number of carbonyl (C=O) groups excluding carboxylic acids is 1. The molecule has 6 heteroatoms. The Morgan fingerprint density at radius 1 is 1.18 bits per heavy atom. The molecule has 0 heterocycles. The van der Waals surface area contributed by atoms with Crippen LogP contribution in [-0.4, -0.2) is 27.3 Å². The van der Waals surface area contributed by atoms with E-state index in [2.05, 4.69) is 4.74 Å². The van der Waals surface area contributed by atoms with Gasteiger partial charge in [-0.3, -0.25) is 4.79 Å². The van der Waals surface area contributed by atoms with E-state index in [4.69, 9.17) is 15.2 Å². The fraction of sp³-hybridized carbons (Fsp3) is 0.364. The quantitative estimate of drug-likeness (QED) is 0.827. The first-order valence-corrected chi connectivity index (χ1v) is 4.69. The largest absolute Gasteiger partial charge is 0.493 e. The van der Waals surface area contributed by atoms with Crippen LogP contribution in [0, 0.1) is 0 Å². The minimum Gasteiger partial charge on any atom is -0.493 e. The van der Waals surface area contributed by atoms with Crippen molar-refractivity contribution < 1.29 is 19.0 Å². The fourth-order valence-electron chi connectivity index (χ4n) is 1.31. The van der Waals surface area contributed by atoms with Crippen molar-refractivity contribution in [2.45, 2.75) is 6.04 Å².